The summed E-state index contributed by atoms with van der Waals surface area (Å²) in [6.07, 6.45) is 1.26. The highest BCUT2D eigenvalue weighted by molar-refractivity contribution is 5.79. The Labute approximate surface area is 98.3 Å². The predicted molar refractivity (Wildman–Crippen MR) is 66.8 cm³/mol. The van der Waals surface area contributed by atoms with Crippen molar-refractivity contribution in [3.05, 3.63) is 0 Å². The highest BCUT2D eigenvalue weighted by Gasteiger charge is 2.21. The van der Waals surface area contributed by atoms with Crippen LogP contribution in [0, 0.1) is 5.92 Å². The van der Waals surface area contributed by atoms with Crippen LogP contribution in [0.4, 0.5) is 0 Å². The second kappa shape index (κ2) is 7.46. The van der Waals surface area contributed by atoms with Crippen molar-refractivity contribution in [2.24, 2.45) is 10.9 Å². The Bertz CT molecular complexity index is 220. The molecule has 16 heavy (non-hydrogen) atoms. The molecule has 0 radical (unpaired) electrons. The van der Waals surface area contributed by atoms with Gasteiger partial charge in [-0.05, 0) is 18.9 Å². The molecule has 1 aliphatic heterocycles. The number of rotatable bonds is 5. The molecule has 1 aliphatic rings. The number of methoxy groups -OCH3 is 1. The van der Waals surface area contributed by atoms with Gasteiger partial charge in [0.2, 0.25) is 0 Å². The quantitative estimate of drug-likeness (QED) is 0.503. The van der Waals surface area contributed by atoms with E-state index in [0.29, 0.717) is 0 Å². The van der Waals surface area contributed by atoms with Gasteiger partial charge in [-0.25, -0.2) is 0 Å². The number of guanidine groups is 1. The van der Waals surface area contributed by atoms with Gasteiger partial charge in [-0.15, -0.1) is 0 Å². The zero-order valence-corrected chi connectivity index (χ0v) is 10.6. The molecule has 1 saturated heterocycles. The fraction of sp³-hybridized carbons (Fsp3) is 0.909. The summed E-state index contributed by atoms with van der Waals surface area (Å²) < 4.78 is 5.09. The molecule has 0 aromatic carbocycles. The lowest BCUT2D eigenvalue weighted by Gasteiger charge is -2.16. The van der Waals surface area contributed by atoms with Crippen molar-refractivity contribution in [3.8, 4) is 0 Å². The molecule has 2 N–H and O–H groups in total. The van der Waals surface area contributed by atoms with Gasteiger partial charge in [0.1, 0.15) is 0 Å². The van der Waals surface area contributed by atoms with Crippen molar-refractivity contribution < 1.29 is 4.74 Å². The minimum absolute atomic E-state index is 0.724. The van der Waals surface area contributed by atoms with E-state index in [1.807, 2.05) is 7.05 Å². The summed E-state index contributed by atoms with van der Waals surface area (Å²) in [5.74, 6) is 1.59. The molecule has 1 atom stereocenters. The monoisotopic (exact) mass is 228 g/mol. The Hall–Kier alpha value is -0.810. The molecule has 5 heteroatoms. The van der Waals surface area contributed by atoms with Crippen molar-refractivity contribution in [3.63, 3.8) is 0 Å². The number of likely N-dealkylation sites (tertiary alicyclic amines) is 1. The number of nitrogens with zero attached hydrogens (tertiary/aromatic N) is 2. The van der Waals surface area contributed by atoms with Crippen LogP contribution in [-0.4, -0.2) is 64.9 Å². The van der Waals surface area contributed by atoms with Gasteiger partial charge in [-0.3, -0.25) is 4.99 Å². The van der Waals surface area contributed by atoms with Gasteiger partial charge >= 0.3 is 0 Å². The molecule has 0 unspecified atom stereocenters. The molecule has 0 bridgehead atoms. The van der Waals surface area contributed by atoms with Gasteiger partial charge < -0.3 is 20.3 Å². The molecule has 0 spiro atoms. The second-order valence-corrected chi connectivity index (χ2v) is 4.15. The maximum absolute atomic E-state index is 5.09. The normalized spacial score (nSPS) is 22.4. The number of hydrogen-bond donors (Lipinski definition) is 2. The summed E-state index contributed by atoms with van der Waals surface area (Å²) in [7, 11) is 5.43. The third kappa shape index (κ3) is 4.37. The molecule has 94 valence electrons. The average molecular weight is 228 g/mol. The SMILES string of the molecule is CN=C(NC)NC[C@@H]1CCN(CCOC)C1. The van der Waals surface area contributed by atoms with Crippen LogP contribution >= 0.6 is 0 Å². The zero-order chi connectivity index (χ0) is 11.8. The Morgan fingerprint density at radius 1 is 1.56 bits per heavy atom. The molecule has 5 nitrogen and oxygen atoms in total. The highest BCUT2D eigenvalue weighted by Crippen LogP contribution is 2.14. The topological polar surface area (TPSA) is 48.9 Å². The van der Waals surface area contributed by atoms with Crippen LogP contribution in [0.1, 0.15) is 6.42 Å². The van der Waals surface area contributed by atoms with Crippen LogP contribution in [0.5, 0.6) is 0 Å². The van der Waals surface area contributed by atoms with Crippen molar-refractivity contribution in [2.75, 3.05) is 54.0 Å². The standard InChI is InChI=1S/C11H24N4O/c1-12-11(13-2)14-8-10-4-5-15(9-10)6-7-16-3/h10H,4-9H2,1-3H3,(H2,12,13,14)/t10-/m0/s1. The first-order valence-electron chi connectivity index (χ1n) is 5.89. The van der Waals surface area contributed by atoms with Crippen LogP contribution in [-0.2, 0) is 4.74 Å². The van der Waals surface area contributed by atoms with E-state index in [2.05, 4.69) is 20.5 Å². The molecule has 1 rings (SSSR count). The van der Waals surface area contributed by atoms with Crippen LogP contribution in [0.15, 0.2) is 4.99 Å². The first-order chi connectivity index (χ1) is 7.80. The molecule has 0 amide bonds. The van der Waals surface area contributed by atoms with Gasteiger partial charge in [0, 0.05) is 40.8 Å². The number of nitrogens with one attached hydrogen (secondary N) is 2. The van der Waals surface area contributed by atoms with Gasteiger partial charge in [-0.2, -0.15) is 0 Å². The van der Waals surface area contributed by atoms with E-state index in [1.54, 1.807) is 14.2 Å². The van der Waals surface area contributed by atoms with E-state index in [1.165, 1.54) is 13.0 Å². The van der Waals surface area contributed by atoms with Crippen molar-refractivity contribution in [1.82, 2.24) is 15.5 Å². The van der Waals surface area contributed by atoms with E-state index in [4.69, 9.17) is 4.74 Å². The fourth-order valence-corrected chi connectivity index (χ4v) is 2.02. The predicted octanol–water partition coefficient (Wildman–Crippen LogP) is -0.250. The first kappa shape index (κ1) is 13.3. The van der Waals surface area contributed by atoms with Gasteiger partial charge in [0.25, 0.3) is 0 Å². The first-order valence-corrected chi connectivity index (χ1v) is 5.89. The molecular formula is C11H24N4O. The lowest BCUT2D eigenvalue weighted by Crippen LogP contribution is -2.38. The van der Waals surface area contributed by atoms with E-state index >= 15 is 0 Å². The smallest absolute Gasteiger partial charge is 0.190 e. The molecule has 0 aliphatic carbocycles. The van der Waals surface area contributed by atoms with Gasteiger partial charge in [0.15, 0.2) is 5.96 Å². The summed E-state index contributed by atoms with van der Waals surface area (Å²) in [4.78, 5) is 6.55. The van der Waals surface area contributed by atoms with Crippen LogP contribution in [0.3, 0.4) is 0 Å². The summed E-state index contributed by atoms with van der Waals surface area (Å²) in [5.41, 5.74) is 0. The van der Waals surface area contributed by atoms with Crippen LogP contribution in [0.2, 0.25) is 0 Å². The Morgan fingerprint density at radius 2 is 2.38 bits per heavy atom. The molecule has 1 heterocycles. The Kier molecular flexibility index (Phi) is 6.18. The molecule has 1 fully saturated rings. The van der Waals surface area contributed by atoms with Crippen LogP contribution < -0.4 is 10.6 Å². The minimum Gasteiger partial charge on any atom is -0.383 e. The lowest BCUT2D eigenvalue weighted by molar-refractivity contribution is 0.159. The zero-order valence-electron chi connectivity index (χ0n) is 10.6. The Morgan fingerprint density at radius 3 is 3.00 bits per heavy atom. The van der Waals surface area contributed by atoms with Crippen molar-refractivity contribution in [1.29, 1.82) is 0 Å². The largest absolute Gasteiger partial charge is 0.383 e. The maximum atomic E-state index is 5.09. The second-order valence-electron chi connectivity index (χ2n) is 4.15. The molecule has 0 aromatic heterocycles. The number of aliphatic imine (C=N–C) groups is 1. The molecule has 0 saturated carbocycles. The third-order valence-corrected chi connectivity index (χ3v) is 3.00. The average Bonchev–Trinajstić information content (AvgIpc) is 2.76. The lowest BCUT2D eigenvalue weighted by atomic mass is 10.1. The van der Waals surface area contributed by atoms with E-state index in [0.717, 1.165) is 38.1 Å². The number of hydrogen-bond acceptors (Lipinski definition) is 3. The van der Waals surface area contributed by atoms with E-state index < -0.39 is 0 Å². The summed E-state index contributed by atoms with van der Waals surface area (Å²) in [5, 5.41) is 6.35. The highest BCUT2D eigenvalue weighted by atomic mass is 16.5. The van der Waals surface area contributed by atoms with E-state index in [-0.39, 0.29) is 0 Å². The van der Waals surface area contributed by atoms with Crippen LogP contribution in [0.25, 0.3) is 0 Å². The van der Waals surface area contributed by atoms with Gasteiger partial charge in [0.05, 0.1) is 6.61 Å². The molecule has 0 aromatic rings. The summed E-state index contributed by atoms with van der Waals surface area (Å²) in [6.45, 7) is 5.23. The molecular weight excluding hydrogens is 204 g/mol. The summed E-state index contributed by atoms with van der Waals surface area (Å²) in [6, 6.07) is 0. The van der Waals surface area contributed by atoms with Crippen molar-refractivity contribution >= 4 is 5.96 Å². The fourth-order valence-electron chi connectivity index (χ4n) is 2.02. The van der Waals surface area contributed by atoms with Crippen molar-refractivity contribution in [2.45, 2.75) is 6.42 Å². The van der Waals surface area contributed by atoms with E-state index in [9.17, 15) is 0 Å². The van der Waals surface area contributed by atoms with Gasteiger partial charge in [-0.1, -0.05) is 0 Å². The minimum atomic E-state index is 0.724. The number of ether oxygens (including phenoxy) is 1. The Balaban J connectivity index is 2.16. The third-order valence-electron chi connectivity index (χ3n) is 3.00. The maximum Gasteiger partial charge on any atom is 0.190 e. The summed E-state index contributed by atoms with van der Waals surface area (Å²) >= 11 is 0.